The monoisotopic (exact) mass is 229 g/mol. The van der Waals surface area contributed by atoms with E-state index in [-0.39, 0.29) is 23.8 Å². The molecule has 1 aromatic carbocycles. The van der Waals surface area contributed by atoms with Gasteiger partial charge in [0, 0.05) is 5.56 Å². The van der Waals surface area contributed by atoms with Crippen LogP contribution in [0.25, 0.3) is 11.4 Å². The van der Waals surface area contributed by atoms with Crippen molar-refractivity contribution < 1.29 is 17.7 Å². The summed E-state index contributed by atoms with van der Waals surface area (Å²) in [5.74, 6) is -4.08. The van der Waals surface area contributed by atoms with Gasteiger partial charge in [0.15, 0.2) is 17.5 Å². The maximum Gasteiger partial charge on any atom is 0.240 e. The molecule has 0 unspecified atom stereocenters. The summed E-state index contributed by atoms with van der Waals surface area (Å²) in [5, 5.41) is 3.45. The van der Waals surface area contributed by atoms with Gasteiger partial charge in [-0.25, -0.2) is 13.2 Å². The lowest BCUT2D eigenvalue weighted by atomic mass is 10.2. The van der Waals surface area contributed by atoms with Crippen molar-refractivity contribution in [2.45, 2.75) is 6.54 Å². The first-order chi connectivity index (χ1) is 7.61. The first-order valence-electron chi connectivity index (χ1n) is 4.29. The Hall–Kier alpha value is -1.89. The van der Waals surface area contributed by atoms with Crippen LogP contribution in [0, 0.1) is 17.5 Å². The maximum atomic E-state index is 12.9. The first kappa shape index (κ1) is 10.6. The number of aromatic nitrogens is 2. The molecule has 16 heavy (non-hydrogen) atoms. The van der Waals surface area contributed by atoms with E-state index in [1.54, 1.807) is 0 Å². The summed E-state index contributed by atoms with van der Waals surface area (Å²) in [7, 11) is 0. The Morgan fingerprint density at radius 2 is 1.81 bits per heavy atom. The lowest BCUT2D eigenvalue weighted by molar-refractivity contribution is 0.380. The van der Waals surface area contributed by atoms with Crippen molar-refractivity contribution in [2.75, 3.05) is 0 Å². The summed E-state index contributed by atoms with van der Waals surface area (Å²) in [4.78, 5) is 3.75. The van der Waals surface area contributed by atoms with Crippen molar-refractivity contribution in [1.29, 1.82) is 0 Å². The van der Waals surface area contributed by atoms with Gasteiger partial charge in [0.25, 0.3) is 0 Å². The van der Waals surface area contributed by atoms with Crippen LogP contribution in [0.2, 0.25) is 0 Å². The summed E-state index contributed by atoms with van der Waals surface area (Å²) in [6, 6.07) is 1.56. The van der Waals surface area contributed by atoms with Crippen LogP contribution in [-0.4, -0.2) is 10.1 Å². The number of halogens is 3. The van der Waals surface area contributed by atoms with Gasteiger partial charge in [-0.2, -0.15) is 4.98 Å². The van der Waals surface area contributed by atoms with Crippen molar-refractivity contribution in [2.24, 2.45) is 5.73 Å². The molecule has 0 radical (unpaired) electrons. The predicted octanol–water partition coefficient (Wildman–Crippen LogP) is 1.61. The fraction of sp³-hybridized carbons (Fsp3) is 0.111. The molecule has 0 amide bonds. The zero-order valence-electron chi connectivity index (χ0n) is 7.88. The summed E-state index contributed by atoms with van der Waals surface area (Å²) in [6.45, 7) is 0.0131. The quantitative estimate of drug-likeness (QED) is 0.794. The van der Waals surface area contributed by atoms with Crippen LogP contribution >= 0.6 is 0 Å². The van der Waals surface area contributed by atoms with Crippen LogP contribution in [0.4, 0.5) is 13.2 Å². The van der Waals surface area contributed by atoms with Crippen molar-refractivity contribution >= 4 is 0 Å². The van der Waals surface area contributed by atoms with E-state index in [1.165, 1.54) is 0 Å². The molecule has 1 aromatic heterocycles. The van der Waals surface area contributed by atoms with E-state index in [4.69, 9.17) is 5.73 Å². The van der Waals surface area contributed by atoms with Gasteiger partial charge in [-0.1, -0.05) is 5.16 Å². The Bertz CT molecular complexity index is 503. The molecule has 0 saturated carbocycles. The third-order valence-electron chi connectivity index (χ3n) is 1.88. The number of hydrogen-bond donors (Lipinski definition) is 1. The van der Waals surface area contributed by atoms with Gasteiger partial charge in [0.1, 0.15) is 0 Å². The van der Waals surface area contributed by atoms with Gasteiger partial charge < -0.3 is 10.3 Å². The largest absolute Gasteiger partial charge is 0.338 e. The average molecular weight is 229 g/mol. The highest BCUT2D eigenvalue weighted by Gasteiger charge is 2.14. The second kappa shape index (κ2) is 3.93. The van der Waals surface area contributed by atoms with Gasteiger partial charge in [-0.05, 0) is 12.1 Å². The van der Waals surface area contributed by atoms with Gasteiger partial charge >= 0.3 is 0 Å². The molecule has 2 N–H and O–H groups in total. The van der Waals surface area contributed by atoms with E-state index in [1.807, 2.05) is 0 Å². The van der Waals surface area contributed by atoms with Crippen molar-refractivity contribution in [3.63, 3.8) is 0 Å². The molecule has 2 rings (SSSR count). The van der Waals surface area contributed by atoms with E-state index in [9.17, 15) is 13.2 Å². The van der Waals surface area contributed by atoms with Crippen LogP contribution in [-0.2, 0) is 6.54 Å². The van der Waals surface area contributed by atoms with Crippen LogP contribution in [0.5, 0.6) is 0 Å². The molecule has 2 aromatic rings. The van der Waals surface area contributed by atoms with Gasteiger partial charge in [0.2, 0.25) is 11.7 Å². The third kappa shape index (κ3) is 1.76. The summed E-state index contributed by atoms with van der Waals surface area (Å²) in [5.41, 5.74) is 5.21. The fourth-order valence-electron chi connectivity index (χ4n) is 1.14. The summed E-state index contributed by atoms with van der Waals surface area (Å²) < 4.78 is 43.1. The molecule has 7 heteroatoms. The molecule has 84 valence electrons. The highest BCUT2D eigenvalue weighted by atomic mass is 19.2. The SMILES string of the molecule is NCc1nc(-c2cc(F)c(F)c(F)c2)no1. The number of nitrogens with two attached hydrogens (primary N) is 1. The minimum absolute atomic E-state index is 0.0131. The average Bonchev–Trinajstić information content (AvgIpc) is 2.73. The first-order valence-corrected chi connectivity index (χ1v) is 4.29. The highest BCUT2D eigenvalue weighted by molar-refractivity contribution is 5.54. The number of rotatable bonds is 2. The zero-order chi connectivity index (χ0) is 11.7. The minimum atomic E-state index is -1.54. The van der Waals surface area contributed by atoms with Crippen molar-refractivity contribution in [1.82, 2.24) is 10.1 Å². The van der Waals surface area contributed by atoms with E-state index in [0.717, 1.165) is 12.1 Å². The Kier molecular flexibility index (Phi) is 2.61. The van der Waals surface area contributed by atoms with Crippen LogP contribution in [0.3, 0.4) is 0 Å². The van der Waals surface area contributed by atoms with E-state index in [2.05, 4.69) is 14.7 Å². The standard InChI is InChI=1S/C9H6F3N3O/c10-5-1-4(2-6(11)8(5)12)9-14-7(3-13)16-15-9/h1-2H,3,13H2. The molecular formula is C9H6F3N3O. The Balaban J connectivity index is 2.48. The van der Waals surface area contributed by atoms with E-state index >= 15 is 0 Å². The second-order valence-corrected chi connectivity index (χ2v) is 2.97. The van der Waals surface area contributed by atoms with Gasteiger partial charge in [-0.3, -0.25) is 0 Å². The van der Waals surface area contributed by atoms with Gasteiger partial charge in [0.05, 0.1) is 6.54 Å². The molecule has 0 bridgehead atoms. The molecule has 0 aliphatic heterocycles. The molecule has 0 spiro atoms. The molecule has 0 atom stereocenters. The van der Waals surface area contributed by atoms with Crippen molar-refractivity contribution in [3.8, 4) is 11.4 Å². The smallest absolute Gasteiger partial charge is 0.240 e. The van der Waals surface area contributed by atoms with Gasteiger partial charge in [-0.15, -0.1) is 0 Å². The van der Waals surface area contributed by atoms with E-state index < -0.39 is 17.5 Å². The zero-order valence-corrected chi connectivity index (χ0v) is 7.88. The van der Waals surface area contributed by atoms with Crippen molar-refractivity contribution in [3.05, 3.63) is 35.5 Å². The predicted molar refractivity (Wildman–Crippen MR) is 47.5 cm³/mol. The molecule has 4 nitrogen and oxygen atoms in total. The molecule has 0 saturated heterocycles. The van der Waals surface area contributed by atoms with Crippen LogP contribution in [0.1, 0.15) is 5.89 Å². The Morgan fingerprint density at radius 1 is 1.19 bits per heavy atom. The van der Waals surface area contributed by atoms with Crippen LogP contribution in [0.15, 0.2) is 16.7 Å². The minimum Gasteiger partial charge on any atom is -0.338 e. The molecule has 0 fully saturated rings. The maximum absolute atomic E-state index is 12.9. The third-order valence-corrected chi connectivity index (χ3v) is 1.88. The molecule has 0 aliphatic rings. The summed E-state index contributed by atoms with van der Waals surface area (Å²) in [6.07, 6.45) is 0. The molecule has 0 aliphatic carbocycles. The molecule has 1 heterocycles. The number of hydrogen-bond acceptors (Lipinski definition) is 4. The lowest BCUT2D eigenvalue weighted by Crippen LogP contribution is -1.96. The number of nitrogens with zero attached hydrogens (tertiary/aromatic N) is 2. The summed E-state index contributed by atoms with van der Waals surface area (Å²) >= 11 is 0. The number of benzene rings is 1. The lowest BCUT2D eigenvalue weighted by Gasteiger charge is -1.97. The second-order valence-electron chi connectivity index (χ2n) is 2.97. The van der Waals surface area contributed by atoms with Crippen LogP contribution < -0.4 is 5.73 Å². The fourth-order valence-corrected chi connectivity index (χ4v) is 1.14. The Morgan fingerprint density at radius 3 is 2.31 bits per heavy atom. The highest BCUT2D eigenvalue weighted by Crippen LogP contribution is 2.21. The topological polar surface area (TPSA) is 64.9 Å². The normalized spacial score (nSPS) is 10.8. The Labute approximate surface area is 87.9 Å². The van der Waals surface area contributed by atoms with E-state index in [0.29, 0.717) is 0 Å². The molecular weight excluding hydrogens is 223 g/mol.